The third-order valence-electron chi connectivity index (χ3n) is 8.88. The van der Waals surface area contributed by atoms with Crippen molar-refractivity contribution in [1.82, 2.24) is 0 Å². The van der Waals surface area contributed by atoms with Crippen molar-refractivity contribution in [2.24, 2.45) is 10.8 Å². The summed E-state index contributed by atoms with van der Waals surface area (Å²) in [7, 11) is -2.12. The molecule has 0 spiro atoms. The molecule has 3 heterocycles. The fourth-order valence-corrected chi connectivity index (χ4v) is 9.35. The van der Waals surface area contributed by atoms with Gasteiger partial charge < -0.3 is 46.5 Å². The number of allylic oxidation sites excluding steroid dienone is 1. The molecule has 15 heteroatoms. The maximum Gasteiger partial charge on any atom is 0.333 e. The van der Waals surface area contributed by atoms with Crippen molar-refractivity contribution in [3.8, 4) is 12.1 Å². The molecule has 282 valence electrons. The van der Waals surface area contributed by atoms with Crippen molar-refractivity contribution < 1.29 is 50.6 Å². The molecule has 0 aromatic rings. The lowest BCUT2D eigenvalue weighted by Gasteiger charge is -2.37. The van der Waals surface area contributed by atoms with Crippen LogP contribution >= 0.6 is 15.3 Å². The van der Waals surface area contributed by atoms with Crippen molar-refractivity contribution in [1.29, 1.82) is 10.5 Å². The molecule has 0 amide bonds. The van der Waals surface area contributed by atoms with Gasteiger partial charge in [0.1, 0.15) is 12.2 Å². The zero-order chi connectivity index (χ0) is 38.0. The Hall–Kier alpha value is -0.600. The van der Waals surface area contributed by atoms with Gasteiger partial charge in [-0.3, -0.25) is 0 Å². The van der Waals surface area contributed by atoms with Gasteiger partial charge in [-0.05, 0) is 48.3 Å². The van der Waals surface area contributed by atoms with Crippen LogP contribution in [0.1, 0.15) is 104 Å². The van der Waals surface area contributed by atoms with E-state index in [4.69, 9.17) is 57.3 Å². The quantitative estimate of drug-likeness (QED) is 0.0903. The van der Waals surface area contributed by atoms with Gasteiger partial charge in [-0.2, -0.15) is 10.5 Å². The molecule has 1 N–H and O–H groups in total. The molecule has 14 unspecified atom stereocenters. The zero-order valence-corrected chi connectivity index (χ0v) is 31.6. The van der Waals surface area contributed by atoms with Crippen LogP contribution in [0.25, 0.3) is 0 Å². The number of aliphatic hydroxyl groups is 1. The molecule has 0 bridgehead atoms. The van der Waals surface area contributed by atoms with Crippen molar-refractivity contribution in [3.05, 3.63) is 12.7 Å². The SMILES string of the molecule is C.[3H]C1CC(O)C(COP(=S)(OC2CC([3H])OC2COP(OC2CC([3H])OC2CC)OC(CC#N)C(C)(CC)CC=C)OC(CC#N)C(C)(C)C)O1. The Balaban J connectivity index is 0.00000936. The average molecular weight is 757 g/mol. The van der Waals surface area contributed by atoms with Crippen LogP contribution in [0.4, 0.5) is 0 Å². The summed E-state index contributed by atoms with van der Waals surface area (Å²) in [5.74, 6) is 0. The zero-order valence-electron chi connectivity index (χ0n) is 32.0. The minimum atomic E-state index is -3.70. The Morgan fingerprint density at radius 3 is 2.18 bits per heavy atom. The van der Waals surface area contributed by atoms with Gasteiger partial charge in [0, 0.05) is 32.6 Å². The first-order chi connectivity index (χ1) is 24.0. The maximum absolute atomic E-state index is 10.4. The van der Waals surface area contributed by atoms with Gasteiger partial charge in [-0.15, -0.1) is 6.58 Å². The van der Waals surface area contributed by atoms with Crippen LogP contribution in [0.15, 0.2) is 12.7 Å². The molecule has 0 aromatic heterocycles. The lowest BCUT2D eigenvalue weighted by Crippen LogP contribution is -2.35. The molecule has 3 rings (SSSR count). The number of hydrogen-bond donors (Lipinski definition) is 1. The Bertz CT molecular complexity index is 1250. The summed E-state index contributed by atoms with van der Waals surface area (Å²) in [6.45, 7) is 8.91. The summed E-state index contributed by atoms with van der Waals surface area (Å²) in [5, 5.41) is 29.7. The van der Waals surface area contributed by atoms with E-state index in [1.54, 1.807) is 6.08 Å². The van der Waals surface area contributed by atoms with Crippen LogP contribution in [0.3, 0.4) is 0 Å². The predicted molar refractivity (Wildman–Crippen MR) is 192 cm³/mol. The summed E-state index contributed by atoms with van der Waals surface area (Å²) in [5.41, 5.74) is -0.957. The van der Waals surface area contributed by atoms with Gasteiger partial charge in [-0.25, -0.2) is 0 Å². The fraction of sp³-hybridized carbons (Fsp3) is 0.882. The summed E-state index contributed by atoms with van der Waals surface area (Å²) in [4.78, 5) is 0. The van der Waals surface area contributed by atoms with Crippen LogP contribution in [0, 0.1) is 33.5 Å². The van der Waals surface area contributed by atoms with Gasteiger partial charge >= 0.3 is 15.3 Å². The first-order valence-electron chi connectivity index (χ1n) is 18.4. The Morgan fingerprint density at radius 1 is 1.00 bits per heavy atom. The maximum atomic E-state index is 10.4. The minimum Gasteiger partial charge on any atom is -0.390 e. The molecule has 3 saturated heterocycles. The van der Waals surface area contributed by atoms with Gasteiger partial charge in [0.2, 0.25) is 0 Å². The van der Waals surface area contributed by atoms with E-state index >= 15 is 0 Å². The molecule has 3 aliphatic rings. The van der Waals surface area contributed by atoms with E-state index in [9.17, 15) is 15.6 Å². The van der Waals surface area contributed by atoms with Crippen molar-refractivity contribution in [2.45, 2.75) is 149 Å². The van der Waals surface area contributed by atoms with Crippen LogP contribution in [-0.4, -0.2) is 86.9 Å². The Kier molecular flexibility index (Phi) is 17.1. The molecular weight excluding hydrogens is 690 g/mol. The molecule has 3 fully saturated rings. The molecule has 0 aromatic carbocycles. The van der Waals surface area contributed by atoms with Crippen molar-refractivity contribution >= 4 is 27.1 Å². The largest absolute Gasteiger partial charge is 0.390 e. The van der Waals surface area contributed by atoms with Crippen molar-refractivity contribution in [2.75, 3.05) is 33.0 Å². The smallest absolute Gasteiger partial charge is 0.333 e. The second-order valence-electron chi connectivity index (χ2n) is 13.5. The molecular formula is C34H60N2O10P2S. The molecule has 12 nitrogen and oxygen atoms in total. The lowest BCUT2D eigenvalue weighted by atomic mass is 9.77. The molecule has 0 radical (unpaired) electrons. The number of rotatable bonds is 21. The van der Waals surface area contributed by atoms with Gasteiger partial charge in [-0.1, -0.05) is 55.0 Å². The van der Waals surface area contributed by atoms with E-state index in [2.05, 4.69) is 18.7 Å². The predicted octanol–water partition coefficient (Wildman–Crippen LogP) is 7.65. The first-order valence-corrected chi connectivity index (χ1v) is 20.3. The highest BCUT2D eigenvalue weighted by Gasteiger charge is 2.43. The van der Waals surface area contributed by atoms with Gasteiger partial charge in [0.25, 0.3) is 0 Å². The van der Waals surface area contributed by atoms with E-state index in [0.717, 1.165) is 0 Å². The first kappa shape index (κ1) is 39.6. The van der Waals surface area contributed by atoms with Crippen LogP contribution in [-0.2, 0) is 53.2 Å². The van der Waals surface area contributed by atoms with E-state index in [1.165, 1.54) is 0 Å². The summed E-state index contributed by atoms with van der Waals surface area (Å²) in [6, 6.07) is 4.36. The highest BCUT2D eigenvalue weighted by molar-refractivity contribution is 8.07. The van der Waals surface area contributed by atoms with E-state index in [-0.39, 0.29) is 52.4 Å². The molecule has 3 aliphatic heterocycles. The minimum absolute atomic E-state index is 0. The van der Waals surface area contributed by atoms with Gasteiger partial charge in [0.15, 0.2) is 0 Å². The number of hydrogen-bond acceptors (Lipinski definition) is 13. The second kappa shape index (κ2) is 21.2. The van der Waals surface area contributed by atoms with Crippen LogP contribution in [0.5, 0.6) is 0 Å². The lowest BCUT2D eigenvalue weighted by molar-refractivity contribution is -0.0325. The topological polar surface area (TPSA) is 151 Å². The average Bonchev–Trinajstić information content (AvgIpc) is 3.71. The van der Waals surface area contributed by atoms with Crippen LogP contribution in [0.2, 0.25) is 0 Å². The molecule has 0 saturated carbocycles. The number of nitrogens with zero attached hydrogens (tertiary/aromatic N) is 2. The normalized spacial score (nSPS) is 35.3. The highest BCUT2D eigenvalue weighted by atomic mass is 32.5. The summed E-state index contributed by atoms with van der Waals surface area (Å²) >= 11 is 5.90. The monoisotopic (exact) mass is 756 g/mol. The molecule has 49 heavy (non-hydrogen) atoms. The van der Waals surface area contributed by atoms with E-state index < -0.39 is 88.6 Å². The third-order valence-corrected chi connectivity index (χ3v) is 12.4. The Morgan fingerprint density at radius 2 is 1.61 bits per heavy atom. The fourth-order valence-electron chi connectivity index (χ4n) is 5.34. The summed E-state index contributed by atoms with van der Waals surface area (Å²) in [6.07, 6.45) is -1.12. The van der Waals surface area contributed by atoms with Gasteiger partial charge in [0.05, 0.1) is 78.9 Å². The molecule has 0 aliphatic carbocycles. The van der Waals surface area contributed by atoms with E-state index in [1.807, 2.05) is 41.5 Å². The second-order valence-corrected chi connectivity index (χ2v) is 17.6. The molecule has 14 atom stereocenters. The van der Waals surface area contributed by atoms with E-state index in [0.29, 0.717) is 25.7 Å². The Labute approximate surface area is 305 Å². The number of aliphatic hydroxyl groups excluding tert-OH is 1. The number of nitriles is 2. The highest BCUT2D eigenvalue weighted by Crippen LogP contribution is 2.56. The third kappa shape index (κ3) is 13.4. The summed E-state index contributed by atoms with van der Waals surface area (Å²) < 4.78 is 79.6. The van der Waals surface area contributed by atoms with Crippen molar-refractivity contribution in [3.63, 3.8) is 0 Å². The number of ether oxygens (including phenoxy) is 3. The van der Waals surface area contributed by atoms with Crippen LogP contribution < -0.4 is 0 Å². The standard InChI is InChI=1S/C33H56N2O10P2S.CH4/c1-8-16-33(7,10-3)31(12-18-35)43-46(42-26-14-20-37-25(26)9-2)40-22-29-27(15-21-39-29)44-47(48,41-23-28-24(36)13-19-38-28)45-30(11-17-34)32(4,5)6;/h8,24-31,36H,1,9-16,19-23H2,2-7H3;1H4/i19T,20T,21T;.